The Morgan fingerprint density at radius 1 is 1.29 bits per heavy atom. The van der Waals surface area contributed by atoms with Crippen LogP contribution in [-0.2, 0) is 15.7 Å². The van der Waals surface area contributed by atoms with Crippen LogP contribution in [0.25, 0.3) is 0 Å². The molecule has 0 aromatic heterocycles. The fourth-order valence-electron chi connectivity index (χ4n) is 1.87. The van der Waals surface area contributed by atoms with E-state index in [2.05, 4.69) is 15.4 Å². The van der Waals surface area contributed by atoms with Crippen LogP contribution in [0.5, 0.6) is 0 Å². The van der Waals surface area contributed by atoms with E-state index in [4.69, 9.17) is 5.11 Å². The van der Waals surface area contributed by atoms with Gasteiger partial charge in [0, 0.05) is 19.5 Å². The van der Waals surface area contributed by atoms with Crippen LogP contribution in [0.4, 0.5) is 24.5 Å². The lowest BCUT2D eigenvalue weighted by molar-refractivity contribution is -0.140. The lowest BCUT2D eigenvalue weighted by Gasteiger charge is -2.17. The zero-order chi connectivity index (χ0) is 18.2. The van der Waals surface area contributed by atoms with Crippen molar-refractivity contribution in [2.24, 2.45) is 0 Å². The second-order valence-corrected chi connectivity index (χ2v) is 5.08. The maximum Gasteiger partial charge on any atom is 0.416 e. The van der Waals surface area contributed by atoms with Gasteiger partial charge in [-0.25, -0.2) is 0 Å². The van der Waals surface area contributed by atoms with Gasteiger partial charge in [0.1, 0.15) is 0 Å². The molecular formula is C15H21F3N2O4. The van der Waals surface area contributed by atoms with E-state index in [0.717, 1.165) is 12.1 Å². The minimum absolute atomic E-state index is 0.103. The van der Waals surface area contributed by atoms with Crippen LogP contribution in [0.15, 0.2) is 18.2 Å². The van der Waals surface area contributed by atoms with Gasteiger partial charge in [-0.05, 0) is 24.6 Å². The second kappa shape index (κ2) is 9.33. The Morgan fingerprint density at radius 3 is 2.58 bits per heavy atom. The fraction of sp³-hybridized carbons (Fsp3) is 0.533. The topological polar surface area (TPSA) is 90.8 Å². The minimum atomic E-state index is -4.49. The number of methoxy groups -OCH3 is 1. The van der Waals surface area contributed by atoms with Crippen LogP contribution in [0, 0.1) is 0 Å². The van der Waals surface area contributed by atoms with Crippen molar-refractivity contribution in [3.63, 3.8) is 0 Å². The van der Waals surface area contributed by atoms with E-state index in [-0.39, 0.29) is 24.6 Å². The average molecular weight is 350 g/mol. The third kappa shape index (κ3) is 6.63. The number of esters is 1. The molecular weight excluding hydrogens is 329 g/mol. The molecule has 1 unspecified atom stereocenters. The largest absolute Gasteiger partial charge is 0.469 e. The van der Waals surface area contributed by atoms with E-state index in [1.54, 1.807) is 0 Å². The Bertz CT molecular complexity index is 538. The van der Waals surface area contributed by atoms with Crippen LogP contribution in [0.2, 0.25) is 0 Å². The maximum absolute atomic E-state index is 12.8. The zero-order valence-corrected chi connectivity index (χ0v) is 13.2. The van der Waals surface area contributed by atoms with Gasteiger partial charge in [-0.2, -0.15) is 13.2 Å². The molecule has 1 rings (SSSR count). The van der Waals surface area contributed by atoms with Crippen molar-refractivity contribution in [2.45, 2.75) is 25.1 Å². The molecule has 0 radical (unpaired) electrons. The molecule has 24 heavy (non-hydrogen) atoms. The third-order valence-corrected chi connectivity index (χ3v) is 3.19. The molecule has 0 saturated heterocycles. The monoisotopic (exact) mass is 350 g/mol. The molecule has 1 aromatic carbocycles. The number of aliphatic hydroxyl groups excluding tert-OH is 2. The maximum atomic E-state index is 12.8. The number of hydrogen-bond donors (Lipinski definition) is 4. The Hall–Kier alpha value is -2.00. The highest BCUT2D eigenvalue weighted by Gasteiger charge is 2.31. The number of carbonyl (C=O) groups excluding carboxylic acids is 1. The zero-order valence-electron chi connectivity index (χ0n) is 13.2. The highest BCUT2D eigenvalue weighted by atomic mass is 19.4. The summed E-state index contributed by atoms with van der Waals surface area (Å²) in [6.07, 6.45) is -4.94. The number of ether oxygens (including phenoxy) is 1. The number of rotatable bonds is 9. The van der Waals surface area contributed by atoms with Crippen LogP contribution < -0.4 is 10.6 Å². The third-order valence-electron chi connectivity index (χ3n) is 3.19. The summed E-state index contributed by atoms with van der Waals surface area (Å²) >= 11 is 0. The minimum Gasteiger partial charge on any atom is -0.469 e. The molecule has 136 valence electrons. The standard InChI is InChI=1S/C15H21F3N2O4/c1-24-14(23)3-2-6-19-12-5-4-10(15(16,17)18)7-13(12)20-8-11(22)9-21/h4-5,7,11,19-22H,2-3,6,8-9H2,1H3. The first-order valence-electron chi connectivity index (χ1n) is 7.32. The van der Waals surface area contributed by atoms with Crippen LogP contribution >= 0.6 is 0 Å². The Kier molecular flexibility index (Phi) is 7.80. The molecule has 1 aromatic rings. The van der Waals surface area contributed by atoms with Gasteiger partial charge in [0.25, 0.3) is 0 Å². The van der Waals surface area contributed by atoms with Gasteiger partial charge in [-0.1, -0.05) is 0 Å². The SMILES string of the molecule is COC(=O)CCCNc1ccc(C(F)(F)F)cc1NCC(O)CO. The molecule has 0 aliphatic carbocycles. The van der Waals surface area contributed by atoms with E-state index in [1.807, 2.05) is 0 Å². The molecule has 1 atom stereocenters. The van der Waals surface area contributed by atoms with Gasteiger partial charge in [0.15, 0.2) is 0 Å². The quantitative estimate of drug-likeness (QED) is 0.401. The number of benzene rings is 1. The second-order valence-electron chi connectivity index (χ2n) is 5.08. The number of anilines is 2. The van der Waals surface area contributed by atoms with E-state index in [1.165, 1.54) is 13.2 Å². The lowest BCUT2D eigenvalue weighted by Crippen LogP contribution is -2.23. The normalized spacial score (nSPS) is 12.6. The van der Waals surface area contributed by atoms with Crippen molar-refractivity contribution in [1.82, 2.24) is 0 Å². The van der Waals surface area contributed by atoms with Crippen LogP contribution in [0.3, 0.4) is 0 Å². The van der Waals surface area contributed by atoms with Crippen molar-refractivity contribution in [3.8, 4) is 0 Å². The molecule has 6 nitrogen and oxygen atoms in total. The lowest BCUT2D eigenvalue weighted by atomic mass is 10.1. The number of hydrogen-bond acceptors (Lipinski definition) is 6. The molecule has 9 heteroatoms. The number of aliphatic hydroxyl groups is 2. The highest BCUT2D eigenvalue weighted by Crippen LogP contribution is 2.34. The van der Waals surface area contributed by atoms with E-state index >= 15 is 0 Å². The number of alkyl halides is 3. The molecule has 0 spiro atoms. The molecule has 0 fully saturated rings. The summed E-state index contributed by atoms with van der Waals surface area (Å²) < 4.78 is 42.9. The van der Waals surface area contributed by atoms with Gasteiger partial charge in [0.05, 0.1) is 36.8 Å². The van der Waals surface area contributed by atoms with E-state index in [0.29, 0.717) is 18.7 Å². The molecule has 4 N–H and O–H groups in total. The molecule has 0 saturated carbocycles. The number of carbonyl (C=O) groups is 1. The summed E-state index contributed by atoms with van der Waals surface area (Å²) in [4.78, 5) is 11.0. The molecule has 0 bridgehead atoms. The first-order valence-corrected chi connectivity index (χ1v) is 7.32. The highest BCUT2D eigenvalue weighted by molar-refractivity contribution is 5.71. The Balaban J connectivity index is 2.78. The van der Waals surface area contributed by atoms with Crippen LogP contribution in [-0.4, -0.2) is 49.1 Å². The summed E-state index contributed by atoms with van der Waals surface area (Å²) in [6, 6.07) is 3.14. The molecule has 0 aliphatic heterocycles. The summed E-state index contributed by atoms with van der Waals surface area (Å²) in [5.41, 5.74) is -0.281. The van der Waals surface area contributed by atoms with Crippen molar-refractivity contribution in [2.75, 3.05) is 37.4 Å². The van der Waals surface area contributed by atoms with Crippen molar-refractivity contribution in [3.05, 3.63) is 23.8 Å². The Morgan fingerprint density at radius 2 is 2.00 bits per heavy atom. The van der Waals surface area contributed by atoms with Crippen molar-refractivity contribution < 1.29 is 32.9 Å². The Labute approximate surface area is 137 Å². The van der Waals surface area contributed by atoms with Gasteiger partial charge in [-0.15, -0.1) is 0 Å². The summed E-state index contributed by atoms with van der Waals surface area (Å²) in [7, 11) is 1.28. The predicted molar refractivity (Wildman–Crippen MR) is 82.8 cm³/mol. The fourth-order valence-corrected chi connectivity index (χ4v) is 1.87. The average Bonchev–Trinajstić information content (AvgIpc) is 2.55. The van der Waals surface area contributed by atoms with Gasteiger partial charge < -0.3 is 25.6 Å². The number of halogens is 3. The first-order chi connectivity index (χ1) is 11.3. The smallest absolute Gasteiger partial charge is 0.416 e. The van der Waals surface area contributed by atoms with Crippen molar-refractivity contribution in [1.29, 1.82) is 0 Å². The van der Waals surface area contributed by atoms with Gasteiger partial charge in [-0.3, -0.25) is 4.79 Å². The van der Waals surface area contributed by atoms with E-state index in [9.17, 15) is 23.1 Å². The molecule has 0 heterocycles. The molecule has 0 amide bonds. The van der Waals surface area contributed by atoms with Gasteiger partial charge >= 0.3 is 12.1 Å². The summed E-state index contributed by atoms with van der Waals surface area (Å²) in [5.74, 6) is -0.367. The summed E-state index contributed by atoms with van der Waals surface area (Å²) in [5, 5.41) is 23.7. The van der Waals surface area contributed by atoms with Crippen molar-refractivity contribution >= 4 is 17.3 Å². The van der Waals surface area contributed by atoms with Gasteiger partial charge in [0.2, 0.25) is 0 Å². The number of nitrogens with one attached hydrogen (secondary N) is 2. The van der Waals surface area contributed by atoms with Crippen LogP contribution in [0.1, 0.15) is 18.4 Å². The summed E-state index contributed by atoms with van der Waals surface area (Å²) in [6.45, 7) is -0.250. The van der Waals surface area contributed by atoms with E-state index < -0.39 is 24.5 Å². The molecule has 0 aliphatic rings. The first kappa shape index (κ1) is 20.0. The predicted octanol–water partition coefficient (Wildman–Crippen LogP) is 1.84.